The SMILES string of the molecule is C=CCCCCN(C(C)=O)c1cccc(Br)n1. The zero-order chi connectivity index (χ0) is 12.7. The van der Waals surface area contributed by atoms with Crippen molar-refractivity contribution in [3.05, 3.63) is 35.5 Å². The molecule has 0 saturated heterocycles. The van der Waals surface area contributed by atoms with Crippen LogP contribution in [0, 0.1) is 0 Å². The molecule has 0 aliphatic carbocycles. The highest BCUT2D eigenvalue weighted by atomic mass is 79.9. The van der Waals surface area contributed by atoms with Crippen LogP contribution in [-0.2, 0) is 4.79 Å². The Labute approximate surface area is 111 Å². The minimum atomic E-state index is 0.0224. The van der Waals surface area contributed by atoms with Crippen molar-refractivity contribution in [3.63, 3.8) is 0 Å². The van der Waals surface area contributed by atoms with Crippen LogP contribution in [0.5, 0.6) is 0 Å². The number of unbranched alkanes of at least 4 members (excludes halogenated alkanes) is 2. The Bertz CT molecular complexity index is 393. The fourth-order valence-corrected chi connectivity index (χ4v) is 1.87. The largest absolute Gasteiger partial charge is 0.297 e. The molecule has 0 spiro atoms. The molecule has 0 radical (unpaired) electrons. The molecule has 0 aromatic carbocycles. The van der Waals surface area contributed by atoms with Crippen molar-refractivity contribution in [2.24, 2.45) is 0 Å². The molecule has 1 heterocycles. The Balaban J connectivity index is 2.65. The van der Waals surface area contributed by atoms with E-state index in [1.807, 2.05) is 24.3 Å². The molecular weight excluding hydrogens is 280 g/mol. The van der Waals surface area contributed by atoms with Gasteiger partial charge in [0.15, 0.2) is 0 Å². The van der Waals surface area contributed by atoms with E-state index < -0.39 is 0 Å². The number of nitrogens with zero attached hydrogens (tertiary/aromatic N) is 2. The van der Waals surface area contributed by atoms with Crippen LogP contribution in [-0.4, -0.2) is 17.4 Å². The van der Waals surface area contributed by atoms with Gasteiger partial charge in [-0.15, -0.1) is 6.58 Å². The maximum absolute atomic E-state index is 11.6. The number of carbonyl (C=O) groups excluding carboxylic acids is 1. The highest BCUT2D eigenvalue weighted by Crippen LogP contribution is 2.16. The predicted octanol–water partition coefficient (Wildman–Crippen LogP) is 3.55. The van der Waals surface area contributed by atoms with Crippen LogP contribution >= 0.6 is 15.9 Å². The van der Waals surface area contributed by atoms with Gasteiger partial charge in [0, 0.05) is 13.5 Å². The van der Waals surface area contributed by atoms with E-state index in [0.717, 1.165) is 23.9 Å². The topological polar surface area (TPSA) is 33.2 Å². The van der Waals surface area contributed by atoms with Crippen LogP contribution in [0.2, 0.25) is 0 Å². The van der Waals surface area contributed by atoms with Gasteiger partial charge in [-0.05, 0) is 47.3 Å². The molecule has 1 aromatic heterocycles. The van der Waals surface area contributed by atoms with Gasteiger partial charge in [0.05, 0.1) is 0 Å². The van der Waals surface area contributed by atoms with Gasteiger partial charge in [0.25, 0.3) is 0 Å². The van der Waals surface area contributed by atoms with Gasteiger partial charge in [0.2, 0.25) is 5.91 Å². The minimum absolute atomic E-state index is 0.0224. The van der Waals surface area contributed by atoms with E-state index in [9.17, 15) is 4.79 Å². The summed E-state index contributed by atoms with van der Waals surface area (Å²) in [5.41, 5.74) is 0. The number of allylic oxidation sites excluding steroid dienone is 1. The van der Waals surface area contributed by atoms with Gasteiger partial charge in [-0.2, -0.15) is 0 Å². The van der Waals surface area contributed by atoms with Crippen molar-refractivity contribution >= 4 is 27.7 Å². The van der Waals surface area contributed by atoms with Crippen molar-refractivity contribution in [2.75, 3.05) is 11.4 Å². The van der Waals surface area contributed by atoms with E-state index in [0.29, 0.717) is 12.4 Å². The average Bonchev–Trinajstić information content (AvgIpc) is 2.28. The summed E-state index contributed by atoms with van der Waals surface area (Å²) in [6.07, 6.45) is 4.88. The molecule has 0 saturated carbocycles. The summed E-state index contributed by atoms with van der Waals surface area (Å²) in [5.74, 6) is 0.722. The third-order valence-corrected chi connectivity index (χ3v) is 2.84. The van der Waals surface area contributed by atoms with Gasteiger partial charge in [-0.25, -0.2) is 4.98 Å². The highest BCUT2D eigenvalue weighted by molar-refractivity contribution is 9.10. The summed E-state index contributed by atoms with van der Waals surface area (Å²) >= 11 is 3.31. The Kier molecular flexibility index (Phi) is 5.91. The van der Waals surface area contributed by atoms with E-state index in [1.54, 1.807) is 11.8 Å². The molecule has 0 atom stereocenters. The molecule has 0 aliphatic rings. The van der Waals surface area contributed by atoms with Gasteiger partial charge in [-0.3, -0.25) is 9.69 Å². The third-order valence-electron chi connectivity index (χ3n) is 2.40. The number of rotatable bonds is 6. The first-order valence-electron chi connectivity index (χ1n) is 5.66. The Hall–Kier alpha value is -1.16. The summed E-state index contributed by atoms with van der Waals surface area (Å²) < 4.78 is 0.743. The van der Waals surface area contributed by atoms with E-state index >= 15 is 0 Å². The lowest BCUT2D eigenvalue weighted by Crippen LogP contribution is -2.30. The second-order valence-corrected chi connectivity index (χ2v) is 4.59. The van der Waals surface area contributed by atoms with Crippen molar-refractivity contribution in [1.82, 2.24) is 4.98 Å². The number of hydrogen-bond acceptors (Lipinski definition) is 2. The van der Waals surface area contributed by atoms with E-state index in [4.69, 9.17) is 0 Å². The molecule has 17 heavy (non-hydrogen) atoms. The van der Waals surface area contributed by atoms with Crippen molar-refractivity contribution in [3.8, 4) is 0 Å². The van der Waals surface area contributed by atoms with Gasteiger partial charge in [-0.1, -0.05) is 12.1 Å². The highest BCUT2D eigenvalue weighted by Gasteiger charge is 2.12. The molecule has 1 aromatic rings. The molecule has 92 valence electrons. The molecule has 3 nitrogen and oxygen atoms in total. The predicted molar refractivity (Wildman–Crippen MR) is 74.0 cm³/mol. The van der Waals surface area contributed by atoms with Gasteiger partial charge >= 0.3 is 0 Å². The molecular formula is C13H17BrN2O. The zero-order valence-corrected chi connectivity index (χ0v) is 11.6. The van der Waals surface area contributed by atoms with Crippen molar-refractivity contribution in [2.45, 2.75) is 26.2 Å². The maximum atomic E-state index is 11.6. The number of amides is 1. The summed E-state index contributed by atoms with van der Waals surface area (Å²) in [7, 11) is 0. The first-order valence-corrected chi connectivity index (χ1v) is 6.46. The van der Waals surface area contributed by atoms with Gasteiger partial charge < -0.3 is 0 Å². The number of anilines is 1. The quantitative estimate of drug-likeness (QED) is 0.457. The first-order chi connectivity index (χ1) is 8.15. The number of hydrogen-bond donors (Lipinski definition) is 0. The lowest BCUT2D eigenvalue weighted by molar-refractivity contribution is -0.116. The van der Waals surface area contributed by atoms with E-state index in [1.165, 1.54) is 0 Å². The molecule has 0 N–H and O–H groups in total. The fraction of sp³-hybridized carbons (Fsp3) is 0.385. The van der Waals surface area contributed by atoms with Crippen LogP contribution in [0.4, 0.5) is 5.82 Å². The number of carbonyl (C=O) groups is 1. The number of pyridine rings is 1. The molecule has 0 unspecified atom stereocenters. The molecule has 1 rings (SSSR count). The second kappa shape index (κ2) is 7.22. The molecule has 0 aliphatic heterocycles. The standard InChI is InChI=1S/C13H17BrN2O/c1-3-4-5-6-10-16(11(2)17)13-9-7-8-12(14)15-13/h3,7-9H,1,4-6,10H2,2H3. The number of aromatic nitrogens is 1. The molecule has 0 fully saturated rings. The first kappa shape index (κ1) is 13.9. The Morgan fingerprint density at radius 2 is 2.29 bits per heavy atom. The maximum Gasteiger partial charge on any atom is 0.225 e. The monoisotopic (exact) mass is 296 g/mol. The summed E-state index contributed by atoms with van der Waals surface area (Å²) in [6.45, 7) is 5.95. The minimum Gasteiger partial charge on any atom is -0.297 e. The van der Waals surface area contributed by atoms with Crippen LogP contribution in [0.1, 0.15) is 26.2 Å². The zero-order valence-electron chi connectivity index (χ0n) is 10.0. The van der Waals surface area contributed by atoms with Crippen molar-refractivity contribution in [1.29, 1.82) is 0 Å². The lowest BCUT2D eigenvalue weighted by Gasteiger charge is -2.19. The van der Waals surface area contributed by atoms with Crippen LogP contribution in [0.3, 0.4) is 0 Å². The summed E-state index contributed by atoms with van der Waals surface area (Å²) in [4.78, 5) is 17.6. The normalized spacial score (nSPS) is 10.0. The summed E-state index contributed by atoms with van der Waals surface area (Å²) in [5, 5.41) is 0. The second-order valence-electron chi connectivity index (χ2n) is 3.77. The van der Waals surface area contributed by atoms with Crippen LogP contribution in [0.15, 0.2) is 35.5 Å². The van der Waals surface area contributed by atoms with Gasteiger partial charge in [0.1, 0.15) is 10.4 Å². The molecule has 0 bridgehead atoms. The average molecular weight is 297 g/mol. The summed E-state index contributed by atoms with van der Waals surface area (Å²) in [6, 6.07) is 5.57. The fourth-order valence-electron chi connectivity index (χ4n) is 1.54. The Morgan fingerprint density at radius 3 is 2.88 bits per heavy atom. The van der Waals surface area contributed by atoms with E-state index in [-0.39, 0.29) is 5.91 Å². The molecule has 1 amide bonds. The van der Waals surface area contributed by atoms with E-state index in [2.05, 4.69) is 27.5 Å². The van der Waals surface area contributed by atoms with Crippen LogP contribution < -0.4 is 4.90 Å². The third kappa shape index (κ3) is 4.69. The number of halogens is 1. The van der Waals surface area contributed by atoms with Crippen LogP contribution in [0.25, 0.3) is 0 Å². The molecule has 4 heteroatoms. The lowest BCUT2D eigenvalue weighted by atomic mass is 10.2. The smallest absolute Gasteiger partial charge is 0.225 e. The Morgan fingerprint density at radius 1 is 1.53 bits per heavy atom. The van der Waals surface area contributed by atoms with Crippen molar-refractivity contribution < 1.29 is 4.79 Å².